The molecule has 4 amide bonds. The summed E-state index contributed by atoms with van der Waals surface area (Å²) in [7, 11) is 0. The van der Waals surface area contributed by atoms with E-state index in [1.165, 1.54) is 0 Å². The quantitative estimate of drug-likeness (QED) is 0.838. The normalized spacial score (nSPS) is 20.2. The highest BCUT2D eigenvalue weighted by atomic mass is 16.5. The molecule has 7 nitrogen and oxygen atoms in total. The van der Waals surface area contributed by atoms with E-state index < -0.39 is 6.03 Å². The predicted octanol–water partition coefficient (Wildman–Crippen LogP) is 0.989. The Bertz CT molecular complexity index is 670. The summed E-state index contributed by atoms with van der Waals surface area (Å²) >= 11 is 0. The molecule has 0 spiro atoms. The van der Waals surface area contributed by atoms with Crippen molar-refractivity contribution < 1.29 is 19.1 Å². The number of amides is 4. The second-order valence-electron chi connectivity index (χ2n) is 6.66. The molecular weight excluding hydrogens is 310 g/mol. The predicted molar refractivity (Wildman–Crippen MR) is 86.3 cm³/mol. The lowest BCUT2D eigenvalue weighted by molar-refractivity contribution is -0.125. The highest BCUT2D eigenvalue weighted by Crippen LogP contribution is 2.22. The Morgan fingerprint density at radius 2 is 2.12 bits per heavy atom. The van der Waals surface area contributed by atoms with Crippen LogP contribution in [0.25, 0.3) is 0 Å². The Morgan fingerprint density at radius 3 is 2.79 bits per heavy atom. The number of ether oxygens (including phenoxy) is 1. The summed E-state index contributed by atoms with van der Waals surface area (Å²) in [6.45, 7) is 5.71. The Morgan fingerprint density at radius 1 is 1.33 bits per heavy atom. The van der Waals surface area contributed by atoms with Crippen molar-refractivity contribution in [2.24, 2.45) is 0 Å². The summed E-state index contributed by atoms with van der Waals surface area (Å²) < 4.78 is 5.45. The van der Waals surface area contributed by atoms with Crippen molar-refractivity contribution in [3.05, 3.63) is 35.4 Å². The molecule has 24 heavy (non-hydrogen) atoms. The van der Waals surface area contributed by atoms with Crippen molar-refractivity contribution in [1.29, 1.82) is 0 Å². The molecule has 0 unspecified atom stereocenters. The number of rotatable bonds is 3. The lowest BCUT2D eigenvalue weighted by Crippen LogP contribution is -2.55. The van der Waals surface area contributed by atoms with Gasteiger partial charge in [-0.05, 0) is 31.5 Å². The van der Waals surface area contributed by atoms with E-state index in [0.717, 1.165) is 10.5 Å². The van der Waals surface area contributed by atoms with Crippen molar-refractivity contribution in [3.63, 3.8) is 0 Å². The van der Waals surface area contributed by atoms with Crippen LogP contribution in [0.3, 0.4) is 0 Å². The lowest BCUT2D eigenvalue weighted by Gasteiger charge is -2.42. The van der Waals surface area contributed by atoms with Crippen LogP contribution in [0.1, 0.15) is 29.8 Å². The van der Waals surface area contributed by atoms with E-state index in [0.29, 0.717) is 25.3 Å². The van der Waals surface area contributed by atoms with Gasteiger partial charge in [-0.3, -0.25) is 14.5 Å². The number of carbonyl (C=O) groups is 3. The van der Waals surface area contributed by atoms with Crippen LogP contribution in [0.15, 0.2) is 24.3 Å². The van der Waals surface area contributed by atoms with Crippen LogP contribution in [0, 0.1) is 0 Å². The average molecular weight is 331 g/mol. The molecule has 0 atom stereocenters. The molecule has 2 aliphatic rings. The van der Waals surface area contributed by atoms with Gasteiger partial charge in [-0.25, -0.2) is 4.79 Å². The number of hydrogen-bond acceptors (Lipinski definition) is 4. The monoisotopic (exact) mass is 331 g/mol. The smallest absolute Gasteiger partial charge is 0.324 e. The summed E-state index contributed by atoms with van der Waals surface area (Å²) in [4.78, 5) is 39.1. The molecule has 1 aromatic carbocycles. The number of morpholine rings is 1. The van der Waals surface area contributed by atoms with Crippen LogP contribution in [0.4, 0.5) is 4.79 Å². The molecule has 2 aliphatic heterocycles. The van der Waals surface area contributed by atoms with E-state index in [2.05, 4.69) is 5.32 Å². The van der Waals surface area contributed by atoms with Gasteiger partial charge in [0.1, 0.15) is 0 Å². The molecule has 7 heteroatoms. The fourth-order valence-corrected chi connectivity index (χ4v) is 2.99. The largest absolute Gasteiger partial charge is 0.377 e. The highest BCUT2D eigenvalue weighted by Gasteiger charge is 2.35. The summed E-state index contributed by atoms with van der Waals surface area (Å²) in [5.41, 5.74) is 0.933. The zero-order valence-corrected chi connectivity index (χ0v) is 13.9. The van der Waals surface area contributed by atoms with Crippen LogP contribution >= 0.6 is 0 Å². The molecule has 2 fully saturated rings. The van der Waals surface area contributed by atoms with Gasteiger partial charge in [-0.15, -0.1) is 0 Å². The Kier molecular flexibility index (Phi) is 4.28. The number of urea groups is 1. The second kappa shape index (κ2) is 6.24. The van der Waals surface area contributed by atoms with Gasteiger partial charge in [0.15, 0.2) is 0 Å². The van der Waals surface area contributed by atoms with E-state index >= 15 is 0 Å². The molecule has 1 aromatic rings. The van der Waals surface area contributed by atoms with Gasteiger partial charge in [0.05, 0.1) is 31.8 Å². The zero-order chi connectivity index (χ0) is 17.3. The molecule has 0 saturated carbocycles. The van der Waals surface area contributed by atoms with E-state index in [1.54, 1.807) is 24.3 Å². The van der Waals surface area contributed by atoms with Crippen LogP contribution in [0.2, 0.25) is 0 Å². The van der Waals surface area contributed by atoms with Gasteiger partial charge in [-0.1, -0.05) is 12.1 Å². The maximum Gasteiger partial charge on any atom is 0.324 e. The third-order valence-electron chi connectivity index (χ3n) is 4.34. The molecule has 2 saturated heterocycles. The Labute approximate surface area is 140 Å². The molecule has 2 heterocycles. The van der Waals surface area contributed by atoms with E-state index in [-0.39, 0.29) is 30.4 Å². The fraction of sp³-hybridized carbons (Fsp3) is 0.471. The van der Waals surface area contributed by atoms with E-state index in [4.69, 9.17) is 4.74 Å². The molecule has 0 aromatic heterocycles. The average Bonchev–Trinajstić information content (AvgIpc) is 2.86. The highest BCUT2D eigenvalue weighted by molar-refractivity contribution is 6.02. The Balaban J connectivity index is 1.78. The van der Waals surface area contributed by atoms with Gasteiger partial charge in [0.25, 0.3) is 5.91 Å². The molecule has 0 radical (unpaired) electrons. The van der Waals surface area contributed by atoms with Gasteiger partial charge >= 0.3 is 6.03 Å². The van der Waals surface area contributed by atoms with Crippen LogP contribution in [-0.4, -0.2) is 59.5 Å². The maximum atomic E-state index is 12.8. The van der Waals surface area contributed by atoms with Gasteiger partial charge in [0, 0.05) is 12.1 Å². The van der Waals surface area contributed by atoms with Crippen LogP contribution in [-0.2, 0) is 16.1 Å². The number of nitrogens with one attached hydrogen (secondary N) is 1. The number of carbonyl (C=O) groups excluding carboxylic acids is 3. The first kappa shape index (κ1) is 16.4. The maximum absolute atomic E-state index is 12.8. The minimum Gasteiger partial charge on any atom is -0.377 e. The molecular formula is C17H21N3O4. The summed E-state index contributed by atoms with van der Waals surface area (Å²) in [5, 5.41) is 2.49. The minimum absolute atomic E-state index is 0.0272. The Hall–Kier alpha value is -2.41. The number of benzene rings is 1. The number of imide groups is 1. The molecule has 0 aliphatic carbocycles. The standard InChI is InChI=1S/C17H21N3O4/c1-17(2)11-24-7-6-20(17)15(22)13-5-3-4-12(8-13)10-19-14(21)9-18-16(19)23/h3-5,8H,6-7,9-11H2,1-2H3,(H,18,23). The first-order chi connectivity index (χ1) is 11.4. The molecule has 3 rings (SSSR count). The van der Waals surface area contributed by atoms with Crippen LogP contribution in [0.5, 0.6) is 0 Å². The van der Waals surface area contributed by atoms with Crippen molar-refractivity contribution >= 4 is 17.8 Å². The van der Waals surface area contributed by atoms with E-state index in [1.807, 2.05) is 18.7 Å². The first-order valence-electron chi connectivity index (χ1n) is 7.95. The molecule has 128 valence electrons. The summed E-state index contributed by atoms with van der Waals surface area (Å²) in [6, 6.07) is 6.68. The molecule has 0 bridgehead atoms. The zero-order valence-electron chi connectivity index (χ0n) is 13.9. The fourth-order valence-electron chi connectivity index (χ4n) is 2.99. The third kappa shape index (κ3) is 3.12. The topological polar surface area (TPSA) is 79.0 Å². The minimum atomic E-state index is -0.397. The summed E-state index contributed by atoms with van der Waals surface area (Å²) in [6.07, 6.45) is 0. The van der Waals surface area contributed by atoms with Gasteiger partial charge < -0.3 is 15.0 Å². The van der Waals surface area contributed by atoms with Crippen molar-refractivity contribution in [1.82, 2.24) is 15.1 Å². The lowest BCUT2D eigenvalue weighted by atomic mass is 10.00. The molecule has 1 N–H and O–H groups in total. The SMILES string of the molecule is CC1(C)COCCN1C(=O)c1cccc(CN2C(=O)CNC2=O)c1. The van der Waals surface area contributed by atoms with Gasteiger partial charge in [-0.2, -0.15) is 0 Å². The number of nitrogens with zero attached hydrogens (tertiary/aromatic N) is 2. The first-order valence-corrected chi connectivity index (χ1v) is 7.95. The van der Waals surface area contributed by atoms with E-state index in [9.17, 15) is 14.4 Å². The third-order valence-corrected chi connectivity index (χ3v) is 4.34. The second-order valence-corrected chi connectivity index (χ2v) is 6.66. The number of hydrogen-bond donors (Lipinski definition) is 1. The van der Waals surface area contributed by atoms with Gasteiger partial charge in [0.2, 0.25) is 5.91 Å². The van der Waals surface area contributed by atoms with Crippen molar-refractivity contribution in [2.75, 3.05) is 26.3 Å². The van der Waals surface area contributed by atoms with Crippen LogP contribution < -0.4 is 5.32 Å². The van der Waals surface area contributed by atoms with Crippen molar-refractivity contribution in [3.8, 4) is 0 Å². The summed E-state index contributed by atoms with van der Waals surface area (Å²) in [5.74, 6) is -0.326. The van der Waals surface area contributed by atoms with Crippen molar-refractivity contribution in [2.45, 2.75) is 25.9 Å².